The van der Waals surface area contributed by atoms with E-state index in [1.165, 1.54) is 6.07 Å². The highest BCUT2D eigenvalue weighted by Gasteiger charge is 2.19. The van der Waals surface area contributed by atoms with Gasteiger partial charge in [-0.1, -0.05) is 24.9 Å². The molecule has 0 amide bonds. The Hall–Kier alpha value is -1.36. The van der Waals surface area contributed by atoms with Gasteiger partial charge in [0.05, 0.1) is 4.92 Å². The summed E-state index contributed by atoms with van der Waals surface area (Å²) in [7, 11) is 0. The van der Waals surface area contributed by atoms with Crippen LogP contribution in [0.4, 0.5) is 11.4 Å². The first kappa shape index (κ1) is 10.7. The predicted octanol–water partition coefficient (Wildman–Crippen LogP) is 2.18. The van der Waals surface area contributed by atoms with Gasteiger partial charge in [-0.2, -0.15) is 0 Å². The second kappa shape index (κ2) is 4.23. The molecule has 0 aliphatic heterocycles. The quantitative estimate of drug-likeness (QED) is 0.476. The minimum Gasteiger partial charge on any atom is -0.393 e. The Bertz CT molecular complexity index is 368. The zero-order valence-electron chi connectivity index (χ0n) is 7.66. The number of aryl methyl sites for hydroxylation is 1. The molecule has 76 valence electrons. The first-order valence-electron chi connectivity index (χ1n) is 4.15. The number of halogens is 1. The van der Waals surface area contributed by atoms with Crippen LogP contribution in [0.5, 0.6) is 0 Å². The summed E-state index contributed by atoms with van der Waals surface area (Å²) in [5.74, 6) is 0. The smallest absolute Gasteiger partial charge is 0.313 e. The first-order chi connectivity index (χ1) is 6.56. The van der Waals surface area contributed by atoms with Crippen LogP contribution in [0.2, 0.25) is 5.15 Å². The molecule has 0 fully saturated rings. The molecule has 1 aromatic rings. The van der Waals surface area contributed by atoms with E-state index in [0.717, 1.165) is 6.42 Å². The van der Waals surface area contributed by atoms with Gasteiger partial charge in [0.2, 0.25) is 0 Å². The second-order valence-electron chi connectivity index (χ2n) is 2.84. The number of hydrogen-bond acceptors (Lipinski definition) is 4. The molecule has 0 saturated heterocycles. The highest BCUT2D eigenvalue weighted by Crippen LogP contribution is 2.28. The lowest BCUT2D eigenvalue weighted by molar-refractivity contribution is -0.384. The summed E-state index contributed by atoms with van der Waals surface area (Å²) in [5, 5.41) is 10.9. The standard InChI is InChI=1S/C8H10ClN3O2/c1-2-3-6-8(12(13)14)5(10)4-7(9)11-6/h4H,2-3H2,1H3,(H2,10,11). The van der Waals surface area contributed by atoms with E-state index in [0.29, 0.717) is 12.1 Å². The van der Waals surface area contributed by atoms with Gasteiger partial charge in [-0.3, -0.25) is 10.1 Å². The Morgan fingerprint density at radius 2 is 2.36 bits per heavy atom. The fourth-order valence-corrected chi connectivity index (χ4v) is 1.42. The SMILES string of the molecule is CCCc1nc(Cl)cc(N)c1[N+](=O)[O-]. The van der Waals surface area contributed by atoms with Crippen LogP contribution < -0.4 is 5.73 Å². The third-order valence-electron chi connectivity index (χ3n) is 1.73. The topological polar surface area (TPSA) is 82.0 Å². The minimum atomic E-state index is -0.524. The first-order valence-corrected chi connectivity index (χ1v) is 4.53. The van der Waals surface area contributed by atoms with Crippen LogP contribution in [0.3, 0.4) is 0 Å². The molecule has 0 unspecified atom stereocenters. The van der Waals surface area contributed by atoms with E-state index >= 15 is 0 Å². The molecule has 1 rings (SSSR count). The molecule has 2 N–H and O–H groups in total. The predicted molar refractivity (Wildman–Crippen MR) is 54.3 cm³/mol. The summed E-state index contributed by atoms with van der Waals surface area (Å²) in [5.41, 5.74) is 5.78. The van der Waals surface area contributed by atoms with Crippen molar-refractivity contribution < 1.29 is 4.92 Å². The van der Waals surface area contributed by atoms with Gasteiger partial charge in [-0.05, 0) is 6.42 Å². The Labute approximate surface area is 86.0 Å². The highest BCUT2D eigenvalue weighted by molar-refractivity contribution is 6.29. The number of pyridine rings is 1. The maximum Gasteiger partial charge on any atom is 0.313 e. The molecule has 14 heavy (non-hydrogen) atoms. The van der Waals surface area contributed by atoms with Gasteiger partial charge in [0.1, 0.15) is 16.5 Å². The summed E-state index contributed by atoms with van der Waals surface area (Å²) in [6.45, 7) is 1.91. The zero-order valence-corrected chi connectivity index (χ0v) is 8.41. The molecular weight excluding hydrogens is 206 g/mol. The van der Waals surface area contributed by atoms with Crippen molar-refractivity contribution in [1.29, 1.82) is 0 Å². The molecule has 0 spiro atoms. The molecule has 0 bridgehead atoms. The summed E-state index contributed by atoms with van der Waals surface area (Å²) in [6, 6.07) is 1.29. The van der Waals surface area contributed by atoms with Crippen LogP contribution in [-0.2, 0) is 6.42 Å². The third-order valence-corrected chi connectivity index (χ3v) is 1.93. The zero-order chi connectivity index (χ0) is 10.7. The lowest BCUT2D eigenvalue weighted by Crippen LogP contribution is -2.03. The molecule has 1 heterocycles. The Kier molecular flexibility index (Phi) is 3.24. The lowest BCUT2D eigenvalue weighted by atomic mass is 10.2. The van der Waals surface area contributed by atoms with Crippen molar-refractivity contribution in [1.82, 2.24) is 4.98 Å². The largest absolute Gasteiger partial charge is 0.393 e. The summed E-state index contributed by atoms with van der Waals surface area (Å²) >= 11 is 5.65. The fourth-order valence-electron chi connectivity index (χ4n) is 1.20. The van der Waals surface area contributed by atoms with Crippen molar-refractivity contribution >= 4 is 23.0 Å². The van der Waals surface area contributed by atoms with Gasteiger partial charge < -0.3 is 5.73 Å². The van der Waals surface area contributed by atoms with E-state index in [4.69, 9.17) is 17.3 Å². The molecule has 5 nitrogen and oxygen atoms in total. The number of nitro groups is 1. The van der Waals surface area contributed by atoms with Gasteiger partial charge in [0, 0.05) is 6.07 Å². The van der Waals surface area contributed by atoms with Gasteiger partial charge in [-0.15, -0.1) is 0 Å². The number of nitrogens with zero attached hydrogens (tertiary/aromatic N) is 2. The van der Waals surface area contributed by atoms with Crippen LogP contribution in [0.25, 0.3) is 0 Å². The average molecular weight is 216 g/mol. The van der Waals surface area contributed by atoms with Crippen molar-refractivity contribution in [3.05, 3.63) is 27.0 Å². The summed E-state index contributed by atoms with van der Waals surface area (Å²) in [6.07, 6.45) is 1.26. The molecule has 0 saturated carbocycles. The van der Waals surface area contributed by atoms with Crippen molar-refractivity contribution in [2.45, 2.75) is 19.8 Å². The van der Waals surface area contributed by atoms with E-state index in [-0.39, 0.29) is 16.5 Å². The Balaban J connectivity index is 3.28. The van der Waals surface area contributed by atoms with E-state index in [9.17, 15) is 10.1 Å². The third kappa shape index (κ3) is 2.11. The van der Waals surface area contributed by atoms with Crippen molar-refractivity contribution in [3.63, 3.8) is 0 Å². The van der Waals surface area contributed by atoms with Crippen LogP contribution in [0, 0.1) is 10.1 Å². The number of aromatic nitrogens is 1. The summed E-state index contributed by atoms with van der Waals surface area (Å²) < 4.78 is 0. The number of nitrogens with two attached hydrogens (primary N) is 1. The molecule has 0 atom stereocenters. The number of rotatable bonds is 3. The maximum absolute atomic E-state index is 10.7. The van der Waals surface area contributed by atoms with Crippen LogP contribution in [0.15, 0.2) is 6.07 Å². The van der Waals surface area contributed by atoms with Crippen molar-refractivity contribution in [2.75, 3.05) is 5.73 Å². The highest BCUT2D eigenvalue weighted by atomic mass is 35.5. The van der Waals surface area contributed by atoms with E-state index < -0.39 is 4.92 Å². The Morgan fingerprint density at radius 3 is 2.86 bits per heavy atom. The van der Waals surface area contributed by atoms with Crippen LogP contribution in [-0.4, -0.2) is 9.91 Å². The maximum atomic E-state index is 10.7. The fraction of sp³-hybridized carbons (Fsp3) is 0.375. The van der Waals surface area contributed by atoms with Crippen LogP contribution in [0.1, 0.15) is 19.0 Å². The number of nitrogen functional groups attached to an aromatic ring is 1. The monoisotopic (exact) mass is 215 g/mol. The lowest BCUT2D eigenvalue weighted by Gasteiger charge is -2.03. The number of anilines is 1. The van der Waals surface area contributed by atoms with Gasteiger partial charge in [0.15, 0.2) is 0 Å². The van der Waals surface area contributed by atoms with Crippen molar-refractivity contribution in [3.8, 4) is 0 Å². The van der Waals surface area contributed by atoms with E-state index in [1.54, 1.807) is 0 Å². The Morgan fingerprint density at radius 1 is 1.71 bits per heavy atom. The van der Waals surface area contributed by atoms with Crippen LogP contribution >= 0.6 is 11.6 Å². The molecule has 1 aromatic heterocycles. The molecule has 0 aliphatic rings. The van der Waals surface area contributed by atoms with Crippen molar-refractivity contribution in [2.24, 2.45) is 0 Å². The van der Waals surface area contributed by atoms with E-state index in [2.05, 4.69) is 4.98 Å². The second-order valence-corrected chi connectivity index (χ2v) is 3.22. The molecular formula is C8H10ClN3O2. The van der Waals surface area contributed by atoms with Gasteiger partial charge in [0.25, 0.3) is 0 Å². The summed E-state index contributed by atoms with van der Waals surface area (Å²) in [4.78, 5) is 14.0. The van der Waals surface area contributed by atoms with Gasteiger partial charge in [-0.25, -0.2) is 4.98 Å². The average Bonchev–Trinajstić information content (AvgIpc) is 2.01. The minimum absolute atomic E-state index is 0.0680. The molecule has 0 aliphatic carbocycles. The normalized spacial score (nSPS) is 10.1. The number of hydrogen-bond donors (Lipinski definition) is 1. The molecule has 0 radical (unpaired) electrons. The molecule has 0 aromatic carbocycles. The molecule has 6 heteroatoms. The van der Waals surface area contributed by atoms with E-state index in [1.807, 2.05) is 6.92 Å². The van der Waals surface area contributed by atoms with Gasteiger partial charge >= 0.3 is 5.69 Å².